The van der Waals surface area contributed by atoms with Crippen LogP contribution in [0.15, 0.2) is 34.9 Å². The molecule has 0 aliphatic carbocycles. The zero-order chi connectivity index (χ0) is 13.8. The van der Waals surface area contributed by atoms with E-state index in [1.54, 1.807) is 6.20 Å². The number of halogens is 1. The van der Waals surface area contributed by atoms with Crippen molar-refractivity contribution < 1.29 is 4.74 Å². The molecule has 2 N–H and O–H groups in total. The van der Waals surface area contributed by atoms with Crippen molar-refractivity contribution in [3.63, 3.8) is 0 Å². The van der Waals surface area contributed by atoms with Crippen molar-refractivity contribution in [1.29, 1.82) is 0 Å². The summed E-state index contributed by atoms with van der Waals surface area (Å²) in [6.07, 6.45) is 1.76. The van der Waals surface area contributed by atoms with Crippen molar-refractivity contribution >= 4 is 15.9 Å². The van der Waals surface area contributed by atoms with E-state index in [1.807, 2.05) is 24.3 Å². The first-order chi connectivity index (χ1) is 9.10. The summed E-state index contributed by atoms with van der Waals surface area (Å²) >= 11 is 3.55. The molecule has 1 aromatic carbocycles. The average molecular weight is 321 g/mol. The van der Waals surface area contributed by atoms with Gasteiger partial charge in [0.05, 0.1) is 5.69 Å². The Labute approximate surface area is 121 Å². The first kappa shape index (κ1) is 14.0. The van der Waals surface area contributed by atoms with Gasteiger partial charge in [0.1, 0.15) is 12.4 Å². The standard InChI is InChI=1S/C15H17BrN2O/c1-10-5-14(6-11(2)15(10)16)19-9-12-3-4-18-13(7-12)8-17/h3-7H,8-9,17H2,1-2H3. The van der Waals surface area contributed by atoms with Crippen LogP contribution in [0.2, 0.25) is 0 Å². The highest BCUT2D eigenvalue weighted by Gasteiger charge is 2.04. The molecule has 0 aliphatic heterocycles. The van der Waals surface area contributed by atoms with Crippen molar-refractivity contribution in [3.8, 4) is 5.75 Å². The molecule has 0 saturated heterocycles. The summed E-state index contributed by atoms with van der Waals surface area (Å²) in [4.78, 5) is 4.17. The van der Waals surface area contributed by atoms with E-state index in [2.05, 4.69) is 34.8 Å². The van der Waals surface area contributed by atoms with Crippen molar-refractivity contribution in [2.24, 2.45) is 5.73 Å². The van der Waals surface area contributed by atoms with Crippen LogP contribution in [0.1, 0.15) is 22.4 Å². The molecule has 0 aliphatic rings. The first-order valence-electron chi connectivity index (χ1n) is 6.13. The number of ether oxygens (including phenoxy) is 1. The number of nitrogens with zero attached hydrogens (tertiary/aromatic N) is 1. The van der Waals surface area contributed by atoms with Gasteiger partial charge in [-0.3, -0.25) is 4.98 Å². The predicted octanol–water partition coefficient (Wildman–Crippen LogP) is 3.50. The summed E-state index contributed by atoms with van der Waals surface area (Å²) in [5, 5.41) is 0. The summed E-state index contributed by atoms with van der Waals surface area (Å²) in [6, 6.07) is 7.97. The van der Waals surface area contributed by atoms with E-state index in [4.69, 9.17) is 10.5 Å². The molecular formula is C15H17BrN2O. The molecule has 0 atom stereocenters. The molecule has 2 aromatic rings. The molecule has 2 rings (SSSR count). The fraction of sp³-hybridized carbons (Fsp3) is 0.267. The first-order valence-corrected chi connectivity index (χ1v) is 6.93. The molecule has 100 valence electrons. The Hall–Kier alpha value is -1.39. The largest absolute Gasteiger partial charge is 0.489 e. The Morgan fingerprint density at radius 1 is 1.21 bits per heavy atom. The number of nitrogens with two attached hydrogens (primary N) is 1. The smallest absolute Gasteiger partial charge is 0.120 e. The van der Waals surface area contributed by atoms with E-state index in [1.165, 1.54) is 11.1 Å². The van der Waals surface area contributed by atoms with E-state index < -0.39 is 0 Å². The molecule has 0 bridgehead atoms. The van der Waals surface area contributed by atoms with Gasteiger partial charge in [-0.25, -0.2) is 0 Å². The molecule has 19 heavy (non-hydrogen) atoms. The lowest BCUT2D eigenvalue weighted by atomic mass is 10.1. The van der Waals surface area contributed by atoms with Crippen LogP contribution in [0.3, 0.4) is 0 Å². The number of aryl methyl sites for hydroxylation is 2. The van der Waals surface area contributed by atoms with Crippen molar-refractivity contribution in [2.75, 3.05) is 0 Å². The normalized spacial score (nSPS) is 10.5. The zero-order valence-electron chi connectivity index (χ0n) is 11.1. The van der Waals surface area contributed by atoms with Crippen LogP contribution >= 0.6 is 15.9 Å². The van der Waals surface area contributed by atoms with Crippen molar-refractivity contribution in [3.05, 3.63) is 57.3 Å². The summed E-state index contributed by atoms with van der Waals surface area (Å²) in [5.41, 5.74) is 9.88. The van der Waals surface area contributed by atoms with Gasteiger partial charge in [0, 0.05) is 17.2 Å². The lowest BCUT2D eigenvalue weighted by molar-refractivity contribution is 0.305. The van der Waals surface area contributed by atoms with Gasteiger partial charge in [-0.15, -0.1) is 0 Å². The number of hydrogen-bond acceptors (Lipinski definition) is 3. The average Bonchev–Trinajstić information content (AvgIpc) is 2.42. The van der Waals surface area contributed by atoms with Crippen LogP contribution in [0.5, 0.6) is 5.75 Å². The van der Waals surface area contributed by atoms with Crippen molar-refractivity contribution in [2.45, 2.75) is 27.0 Å². The van der Waals surface area contributed by atoms with Gasteiger partial charge in [-0.1, -0.05) is 15.9 Å². The zero-order valence-corrected chi connectivity index (χ0v) is 12.7. The van der Waals surface area contributed by atoms with Gasteiger partial charge in [0.2, 0.25) is 0 Å². The van der Waals surface area contributed by atoms with Gasteiger partial charge in [0.25, 0.3) is 0 Å². The maximum atomic E-state index is 5.82. The molecule has 0 radical (unpaired) electrons. The number of hydrogen-bond donors (Lipinski definition) is 1. The van der Waals surface area contributed by atoms with Gasteiger partial charge < -0.3 is 10.5 Å². The molecule has 4 heteroatoms. The third kappa shape index (κ3) is 3.55. The molecular weight excluding hydrogens is 304 g/mol. The Morgan fingerprint density at radius 2 is 1.89 bits per heavy atom. The molecule has 1 aromatic heterocycles. The highest BCUT2D eigenvalue weighted by molar-refractivity contribution is 9.10. The molecule has 0 unspecified atom stereocenters. The minimum Gasteiger partial charge on any atom is -0.489 e. The fourth-order valence-electron chi connectivity index (χ4n) is 1.89. The molecule has 3 nitrogen and oxygen atoms in total. The second kappa shape index (κ2) is 6.17. The lowest BCUT2D eigenvalue weighted by Crippen LogP contribution is -2.02. The summed E-state index contributed by atoms with van der Waals surface area (Å²) in [6.45, 7) is 5.09. The van der Waals surface area contributed by atoms with Gasteiger partial charge >= 0.3 is 0 Å². The van der Waals surface area contributed by atoms with Crippen molar-refractivity contribution in [1.82, 2.24) is 4.98 Å². The SMILES string of the molecule is Cc1cc(OCc2ccnc(CN)c2)cc(C)c1Br. The van der Waals surface area contributed by atoms with E-state index in [0.717, 1.165) is 21.5 Å². The van der Waals surface area contributed by atoms with E-state index >= 15 is 0 Å². The van der Waals surface area contributed by atoms with Gasteiger partial charge in [-0.05, 0) is 54.8 Å². The van der Waals surface area contributed by atoms with Crippen LogP contribution in [0.4, 0.5) is 0 Å². The molecule has 0 spiro atoms. The van der Waals surface area contributed by atoms with Gasteiger partial charge in [0.15, 0.2) is 0 Å². The topological polar surface area (TPSA) is 48.1 Å². The third-order valence-corrected chi connectivity index (χ3v) is 4.16. The van der Waals surface area contributed by atoms with E-state index in [-0.39, 0.29) is 0 Å². The van der Waals surface area contributed by atoms with Crippen LogP contribution in [0.25, 0.3) is 0 Å². The number of pyridine rings is 1. The van der Waals surface area contributed by atoms with Crippen LogP contribution in [-0.2, 0) is 13.2 Å². The maximum absolute atomic E-state index is 5.82. The number of rotatable bonds is 4. The molecule has 0 fully saturated rings. The van der Waals surface area contributed by atoms with Gasteiger partial charge in [-0.2, -0.15) is 0 Å². The Balaban J connectivity index is 2.10. The fourth-order valence-corrected chi connectivity index (χ4v) is 2.11. The van der Waals surface area contributed by atoms with Crippen LogP contribution < -0.4 is 10.5 Å². The lowest BCUT2D eigenvalue weighted by Gasteiger charge is -2.10. The minimum absolute atomic E-state index is 0.449. The second-order valence-corrected chi connectivity index (χ2v) is 5.31. The Bertz CT molecular complexity index is 561. The number of aromatic nitrogens is 1. The molecule has 0 amide bonds. The monoisotopic (exact) mass is 320 g/mol. The Morgan fingerprint density at radius 3 is 2.53 bits per heavy atom. The molecule has 0 saturated carbocycles. The molecule has 1 heterocycles. The second-order valence-electron chi connectivity index (χ2n) is 4.52. The quantitative estimate of drug-likeness (QED) is 0.937. The minimum atomic E-state index is 0.449. The summed E-state index contributed by atoms with van der Waals surface area (Å²) < 4.78 is 6.95. The summed E-state index contributed by atoms with van der Waals surface area (Å²) in [7, 11) is 0. The highest BCUT2D eigenvalue weighted by Crippen LogP contribution is 2.26. The highest BCUT2D eigenvalue weighted by atomic mass is 79.9. The van der Waals surface area contributed by atoms with Crippen LogP contribution in [-0.4, -0.2) is 4.98 Å². The third-order valence-electron chi connectivity index (χ3n) is 2.91. The van der Waals surface area contributed by atoms with Crippen LogP contribution in [0, 0.1) is 13.8 Å². The maximum Gasteiger partial charge on any atom is 0.120 e. The summed E-state index contributed by atoms with van der Waals surface area (Å²) in [5.74, 6) is 0.879. The van der Waals surface area contributed by atoms with E-state index in [9.17, 15) is 0 Å². The number of benzene rings is 1. The van der Waals surface area contributed by atoms with E-state index in [0.29, 0.717) is 13.2 Å². The predicted molar refractivity (Wildman–Crippen MR) is 80.1 cm³/mol. The Kier molecular flexibility index (Phi) is 4.56.